The Bertz CT molecular complexity index is 604. The number of aromatic nitrogens is 1. The Morgan fingerprint density at radius 3 is 2.65 bits per heavy atom. The van der Waals surface area contributed by atoms with E-state index < -0.39 is 6.10 Å². The summed E-state index contributed by atoms with van der Waals surface area (Å²) >= 11 is 0. The van der Waals surface area contributed by atoms with Crippen LogP contribution in [0, 0.1) is 6.92 Å². The van der Waals surface area contributed by atoms with Gasteiger partial charge in [0.25, 0.3) is 5.91 Å². The van der Waals surface area contributed by atoms with Crippen LogP contribution in [0.15, 0.2) is 34.9 Å². The lowest BCUT2D eigenvalue weighted by Gasteiger charge is -2.13. The number of carbonyl (C=O) groups excluding carboxylic acids is 2. The van der Waals surface area contributed by atoms with Crippen LogP contribution in [0.2, 0.25) is 0 Å². The summed E-state index contributed by atoms with van der Waals surface area (Å²) in [5.74, 6) is 1.13. The zero-order chi connectivity index (χ0) is 14.5. The van der Waals surface area contributed by atoms with Gasteiger partial charge in [-0.15, -0.1) is 0 Å². The first-order valence-electron chi connectivity index (χ1n) is 6.04. The van der Waals surface area contributed by atoms with E-state index >= 15 is 0 Å². The molecular weight excluding hydrogens is 260 g/mol. The molecule has 2 rings (SSSR count). The van der Waals surface area contributed by atoms with Crippen LogP contribution < -0.4 is 10.1 Å². The molecule has 1 heterocycles. The van der Waals surface area contributed by atoms with Gasteiger partial charge in [-0.2, -0.15) is 0 Å². The van der Waals surface area contributed by atoms with E-state index in [2.05, 4.69) is 10.5 Å². The third-order valence-electron chi connectivity index (χ3n) is 2.58. The molecule has 104 valence electrons. The quantitative estimate of drug-likeness (QED) is 0.845. The van der Waals surface area contributed by atoms with Crippen molar-refractivity contribution in [1.82, 2.24) is 5.16 Å². The van der Waals surface area contributed by atoms with Gasteiger partial charge in [0.15, 0.2) is 11.9 Å². The summed E-state index contributed by atoms with van der Waals surface area (Å²) in [6.45, 7) is 3.35. The summed E-state index contributed by atoms with van der Waals surface area (Å²) < 4.78 is 10.3. The highest BCUT2D eigenvalue weighted by Gasteiger charge is 2.16. The summed E-state index contributed by atoms with van der Waals surface area (Å²) in [7, 11) is 0. The molecule has 1 aromatic carbocycles. The van der Waals surface area contributed by atoms with Gasteiger partial charge in [-0.1, -0.05) is 5.16 Å². The van der Waals surface area contributed by atoms with E-state index in [4.69, 9.17) is 9.26 Å². The topological polar surface area (TPSA) is 81.4 Å². The molecular formula is C14H14N2O4. The van der Waals surface area contributed by atoms with E-state index in [-0.39, 0.29) is 5.91 Å². The number of anilines is 1. The second-order valence-electron chi connectivity index (χ2n) is 4.26. The number of hydrogen-bond acceptors (Lipinski definition) is 5. The van der Waals surface area contributed by atoms with Crippen LogP contribution in [-0.2, 0) is 4.79 Å². The van der Waals surface area contributed by atoms with Gasteiger partial charge in [0.2, 0.25) is 0 Å². The van der Waals surface area contributed by atoms with Crippen LogP contribution in [0.3, 0.4) is 0 Å². The molecule has 0 radical (unpaired) electrons. The molecule has 1 atom stereocenters. The van der Waals surface area contributed by atoms with E-state index in [1.54, 1.807) is 44.2 Å². The normalized spacial score (nSPS) is 11.7. The number of benzene rings is 1. The van der Waals surface area contributed by atoms with Gasteiger partial charge in [0.1, 0.15) is 17.8 Å². The van der Waals surface area contributed by atoms with E-state index in [0.717, 1.165) is 6.29 Å². The van der Waals surface area contributed by atoms with Crippen molar-refractivity contribution in [2.24, 2.45) is 0 Å². The number of nitrogens with zero attached hydrogens (tertiary/aromatic N) is 1. The van der Waals surface area contributed by atoms with Gasteiger partial charge in [0.05, 0.1) is 0 Å². The third kappa shape index (κ3) is 3.44. The standard InChI is InChI=1S/C14H14N2O4/c1-9-7-13(16-20-9)15-14(18)10(2)19-12-5-3-11(8-17)4-6-12/h3-8,10H,1-2H3,(H,15,16,18). The van der Waals surface area contributed by atoms with Crippen molar-refractivity contribution in [2.75, 3.05) is 5.32 Å². The first-order valence-corrected chi connectivity index (χ1v) is 6.04. The van der Waals surface area contributed by atoms with E-state index in [1.165, 1.54) is 0 Å². The van der Waals surface area contributed by atoms with Crippen molar-refractivity contribution in [3.8, 4) is 5.75 Å². The van der Waals surface area contributed by atoms with E-state index in [9.17, 15) is 9.59 Å². The van der Waals surface area contributed by atoms with Crippen LogP contribution in [0.5, 0.6) is 5.75 Å². The number of hydrogen-bond donors (Lipinski definition) is 1. The van der Waals surface area contributed by atoms with Gasteiger partial charge in [-0.3, -0.25) is 9.59 Å². The van der Waals surface area contributed by atoms with Crippen LogP contribution in [0.25, 0.3) is 0 Å². The lowest BCUT2D eigenvalue weighted by atomic mass is 10.2. The fourth-order valence-electron chi connectivity index (χ4n) is 1.54. The molecule has 0 aliphatic carbocycles. The van der Waals surface area contributed by atoms with Crippen molar-refractivity contribution < 1.29 is 18.8 Å². The molecule has 0 bridgehead atoms. The Hall–Kier alpha value is -2.63. The molecule has 0 spiro atoms. The number of ether oxygens (including phenoxy) is 1. The summed E-state index contributed by atoms with van der Waals surface area (Å²) in [6, 6.07) is 8.12. The maximum Gasteiger partial charge on any atom is 0.266 e. The molecule has 2 aromatic rings. The van der Waals surface area contributed by atoms with Crippen LogP contribution in [0.4, 0.5) is 5.82 Å². The Morgan fingerprint density at radius 1 is 1.40 bits per heavy atom. The summed E-state index contributed by atoms with van der Waals surface area (Å²) in [4.78, 5) is 22.4. The zero-order valence-corrected chi connectivity index (χ0v) is 11.1. The first-order chi connectivity index (χ1) is 9.58. The first kappa shape index (κ1) is 13.8. The van der Waals surface area contributed by atoms with Crippen molar-refractivity contribution in [2.45, 2.75) is 20.0 Å². The largest absolute Gasteiger partial charge is 0.481 e. The van der Waals surface area contributed by atoms with Crippen molar-refractivity contribution in [1.29, 1.82) is 0 Å². The molecule has 0 saturated carbocycles. The number of carbonyl (C=O) groups is 2. The number of aryl methyl sites for hydroxylation is 1. The van der Waals surface area contributed by atoms with Crippen LogP contribution in [0.1, 0.15) is 23.0 Å². The minimum absolute atomic E-state index is 0.335. The molecule has 1 unspecified atom stereocenters. The molecule has 1 N–H and O–H groups in total. The number of amides is 1. The highest BCUT2D eigenvalue weighted by molar-refractivity contribution is 5.93. The van der Waals surface area contributed by atoms with Gasteiger partial charge in [0, 0.05) is 11.6 Å². The number of aldehydes is 1. The van der Waals surface area contributed by atoms with E-state index in [0.29, 0.717) is 22.9 Å². The Balaban J connectivity index is 1.94. The van der Waals surface area contributed by atoms with Gasteiger partial charge in [-0.25, -0.2) is 0 Å². The second kappa shape index (κ2) is 6.01. The smallest absolute Gasteiger partial charge is 0.266 e. The van der Waals surface area contributed by atoms with E-state index in [1.807, 2.05) is 0 Å². The summed E-state index contributed by atoms with van der Waals surface area (Å²) in [5, 5.41) is 6.25. The Morgan fingerprint density at radius 2 is 2.10 bits per heavy atom. The lowest BCUT2D eigenvalue weighted by molar-refractivity contribution is -0.122. The Kier molecular flexibility index (Phi) is 4.14. The minimum Gasteiger partial charge on any atom is -0.481 e. The number of nitrogens with one attached hydrogen (secondary N) is 1. The fraction of sp³-hybridized carbons (Fsp3) is 0.214. The summed E-state index contributed by atoms with van der Waals surface area (Å²) in [5.41, 5.74) is 0.549. The van der Waals surface area contributed by atoms with Gasteiger partial charge >= 0.3 is 0 Å². The van der Waals surface area contributed by atoms with Crippen molar-refractivity contribution in [3.05, 3.63) is 41.7 Å². The molecule has 0 aliphatic heterocycles. The van der Waals surface area contributed by atoms with Crippen LogP contribution >= 0.6 is 0 Å². The molecule has 6 nitrogen and oxygen atoms in total. The average Bonchev–Trinajstić information content (AvgIpc) is 2.85. The SMILES string of the molecule is Cc1cc(NC(=O)C(C)Oc2ccc(C=O)cc2)no1. The highest BCUT2D eigenvalue weighted by Crippen LogP contribution is 2.14. The minimum atomic E-state index is -0.700. The Labute approximate surface area is 115 Å². The fourth-order valence-corrected chi connectivity index (χ4v) is 1.54. The van der Waals surface area contributed by atoms with Gasteiger partial charge in [-0.05, 0) is 38.1 Å². The molecule has 20 heavy (non-hydrogen) atoms. The predicted molar refractivity (Wildman–Crippen MR) is 71.8 cm³/mol. The molecule has 0 saturated heterocycles. The lowest BCUT2D eigenvalue weighted by Crippen LogP contribution is -2.30. The maximum atomic E-state index is 11.9. The van der Waals surface area contributed by atoms with Gasteiger partial charge < -0.3 is 14.6 Å². The predicted octanol–water partition coefficient (Wildman–Crippen LogP) is 2.20. The summed E-state index contributed by atoms with van der Waals surface area (Å²) in [6.07, 6.45) is 0.0430. The molecule has 6 heteroatoms. The molecule has 0 aliphatic rings. The van der Waals surface area contributed by atoms with Crippen molar-refractivity contribution in [3.63, 3.8) is 0 Å². The number of rotatable bonds is 5. The van der Waals surface area contributed by atoms with Crippen molar-refractivity contribution >= 4 is 18.0 Å². The highest BCUT2D eigenvalue weighted by atomic mass is 16.5. The average molecular weight is 274 g/mol. The monoisotopic (exact) mass is 274 g/mol. The zero-order valence-electron chi connectivity index (χ0n) is 11.1. The second-order valence-corrected chi connectivity index (χ2v) is 4.26. The molecule has 1 amide bonds. The molecule has 0 fully saturated rings. The molecule has 1 aromatic heterocycles. The van der Waals surface area contributed by atoms with Crippen LogP contribution in [-0.4, -0.2) is 23.5 Å². The third-order valence-corrected chi connectivity index (χ3v) is 2.58. The maximum absolute atomic E-state index is 11.9.